The summed E-state index contributed by atoms with van der Waals surface area (Å²) in [4.78, 5) is 12.6. The molecule has 0 fully saturated rings. The van der Waals surface area contributed by atoms with Crippen molar-refractivity contribution in [1.82, 2.24) is 0 Å². The van der Waals surface area contributed by atoms with Crippen LogP contribution in [0, 0.1) is 19.3 Å². The summed E-state index contributed by atoms with van der Waals surface area (Å²) >= 11 is 0. The molecule has 0 aliphatic carbocycles. The number of carbonyl (C=O) groups is 1. The fourth-order valence-electron chi connectivity index (χ4n) is 4.28. The molecule has 5 heteroatoms. The Bertz CT molecular complexity index is 1020. The summed E-state index contributed by atoms with van der Waals surface area (Å²) in [7, 11) is 0. The molecule has 0 bridgehead atoms. The van der Waals surface area contributed by atoms with Gasteiger partial charge in [0.15, 0.2) is 5.60 Å². The van der Waals surface area contributed by atoms with Gasteiger partial charge in [0, 0.05) is 17.7 Å². The van der Waals surface area contributed by atoms with Gasteiger partial charge in [-0.25, -0.2) is 0 Å². The second kappa shape index (κ2) is 7.64. The van der Waals surface area contributed by atoms with Crippen LogP contribution < -0.4 is 10.1 Å². The number of aliphatic hydroxyl groups excluding tert-OH is 1. The van der Waals surface area contributed by atoms with Crippen LogP contribution in [-0.4, -0.2) is 21.7 Å². The Morgan fingerprint density at radius 3 is 2.39 bits per heavy atom. The van der Waals surface area contributed by atoms with Crippen LogP contribution in [0.2, 0.25) is 0 Å². The number of anilines is 1. The van der Waals surface area contributed by atoms with Gasteiger partial charge in [-0.1, -0.05) is 39.0 Å². The second-order valence-corrected chi connectivity index (χ2v) is 10.5. The minimum Gasteiger partial charge on any atom is -0.483 e. The maximum absolute atomic E-state index is 12.6. The average Bonchev–Trinajstić information content (AvgIpc) is 2.85. The molecule has 2 aromatic rings. The van der Waals surface area contributed by atoms with E-state index in [9.17, 15) is 15.0 Å². The summed E-state index contributed by atoms with van der Waals surface area (Å²) in [5.41, 5.74) is 1.94. The van der Waals surface area contributed by atoms with E-state index in [-0.39, 0.29) is 11.3 Å². The van der Waals surface area contributed by atoms with Crippen LogP contribution in [0.15, 0.2) is 30.3 Å². The van der Waals surface area contributed by atoms with Crippen molar-refractivity contribution in [3.63, 3.8) is 0 Å². The van der Waals surface area contributed by atoms with Gasteiger partial charge in [-0.3, -0.25) is 4.79 Å². The van der Waals surface area contributed by atoms with Crippen LogP contribution in [0.4, 0.5) is 5.69 Å². The maximum Gasteiger partial charge on any atom is 0.224 e. The quantitative estimate of drug-likeness (QED) is 0.634. The highest BCUT2D eigenvalue weighted by Gasteiger charge is 2.56. The topological polar surface area (TPSA) is 78.8 Å². The number of amides is 1. The fraction of sp³-hybridized carbons (Fsp3) is 0.500. The lowest BCUT2D eigenvalue weighted by atomic mass is 9.75. The molecule has 5 nitrogen and oxygen atoms in total. The molecule has 3 rings (SSSR count). The number of hydrogen-bond donors (Lipinski definition) is 3. The lowest BCUT2D eigenvalue weighted by Gasteiger charge is -2.36. The van der Waals surface area contributed by atoms with Crippen LogP contribution in [0.5, 0.6) is 5.75 Å². The van der Waals surface area contributed by atoms with Crippen LogP contribution >= 0.6 is 0 Å². The largest absolute Gasteiger partial charge is 0.483 e. The lowest BCUT2D eigenvalue weighted by molar-refractivity contribution is -0.117. The SMILES string of the molecule is Cc1c(NC(=O)CC(C)(C)C)cc2c(c1C)OC(C)(C)C2(O)c1cccc(C(C)O)c1. The number of benzene rings is 2. The Morgan fingerprint density at radius 2 is 1.81 bits per heavy atom. The highest BCUT2D eigenvalue weighted by Crippen LogP contribution is 2.54. The Balaban J connectivity index is 2.15. The first-order valence-corrected chi connectivity index (χ1v) is 10.8. The van der Waals surface area contributed by atoms with Crippen LogP contribution in [0.3, 0.4) is 0 Å². The normalized spacial score (nSPS) is 20.7. The molecule has 1 aliphatic rings. The molecule has 2 atom stereocenters. The first kappa shape index (κ1) is 23.3. The van der Waals surface area contributed by atoms with E-state index < -0.39 is 17.3 Å². The smallest absolute Gasteiger partial charge is 0.224 e. The highest BCUT2D eigenvalue weighted by atomic mass is 16.5. The number of ether oxygens (including phenoxy) is 1. The summed E-state index contributed by atoms with van der Waals surface area (Å²) in [6.45, 7) is 15.4. The zero-order chi connectivity index (χ0) is 23.4. The van der Waals surface area contributed by atoms with E-state index in [0.717, 1.165) is 16.7 Å². The molecule has 2 unspecified atom stereocenters. The van der Waals surface area contributed by atoms with Gasteiger partial charge in [-0.2, -0.15) is 0 Å². The van der Waals surface area contributed by atoms with Crippen LogP contribution in [-0.2, 0) is 10.4 Å². The minimum absolute atomic E-state index is 0.0623. The van der Waals surface area contributed by atoms with E-state index in [2.05, 4.69) is 5.32 Å². The molecular weight excluding hydrogens is 390 g/mol. The summed E-state index contributed by atoms with van der Waals surface area (Å²) in [5, 5.41) is 25.2. The van der Waals surface area contributed by atoms with E-state index in [0.29, 0.717) is 29.0 Å². The zero-order valence-electron chi connectivity index (χ0n) is 19.9. The molecule has 3 N–H and O–H groups in total. The number of rotatable bonds is 4. The standard InChI is InChI=1S/C26H35NO4/c1-15-16(2)23-20(13-21(15)27-22(29)14-24(4,5)6)26(30,25(7,8)31-23)19-11-9-10-18(12-19)17(3)28/h9-13,17,28,30H,14H2,1-8H3,(H,27,29). The van der Waals surface area contributed by atoms with Crippen LogP contribution in [0.25, 0.3) is 0 Å². The van der Waals surface area contributed by atoms with Crippen molar-refractivity contribution in [2.45, 2.75) is 79.1 Å². The Morgan fingerprint density at radius 1 is 1.16 bits per heavy atom. The molecule has 1 amide bonds. The fourth-order valence-corrected chi connectivity index (χ4v) is 4.28. The van der Waals surface area contributed by atoms with E-state index in [4.69, 9.17) is 4.74 Å². The molecule has 0 saturated heterocycles. The van der Waals surface area contributed by atoms with Crippen molar-refractivity contribution < 1.29 is 19.7 Å². The van der Waals surface area contributed by atoms with Gasteiger partial charge in [0.1, 0.15) is 11.4 Å². The molecule has 0 saturated carbocycles. The van der Waals surface area contributed by atoms with E-state index in [1.165, 1.54) is 0 Å². The monoisotopic (exact) mass is 425 g/mol. The maximum atomic E-state index is 12.6. The molecule has 0 radical (unpaired) electrons. The van der Waals surface area contributed by atoms with Gasteiger partial charge in [0.2, 0.25) is 5.91 Å². The number of fused-ring (bicyclic) bond motifs is 1. The first-order valence-electron chi connectivity index (χ1n) is 10.8. The van der Waals surface area contributed by atoms with Gasteiger partial charge in [-0.15, -0.1) is 0 Å². The van der Waals surface area contributed by atoms with Gasteiger partial charge >= 0.3 is 0 Å². The van der Waals surface area contributed by atoms with Gasteiger partial charge in [0.05, 0.1) is 6.10 Å². The third-order valence-corrected chi connectivity index (χ3v) is 6.21. The number of nitrogens with one attached hydrogen (secondary N) is 1. The van der Waals surface area contributed by atoms with Gasteiger partial charge in [-0.05, 0) is 74.4 Å². The molecular formula is C26H35NO4. The minimum atomic E-state index is -1.45. The lowest BCUT2D eigenvalue weighted by Crippen LogP contribution is -2.47. The predicted molar refractivity (Wildman–Crippen MR) is 123 cm³/mol. The van der Waals surface area contributed by atoms with Gasteiger partial charge in [0.25, 0.3) is 0 Å². The Kier molecular flexibility index (Phi) is 5.74. The molecule has 1 aliphatic heterocycles. The van der Waals surface area contributed by atoms with E-state index in [1.807, 2.05) is 78.8 Å². The molecule has 168 valence electrons. The van der Waals surface area contributed by atoms with Crippen molar-refractivity contribution >= 4 is 11.6 Å². The highest BCUT2D eigenvalue weighted by molar-refractivity contribution is 5.92. The number of carbonyl (C=O) groups excluding carboxylic acids is 1. The summed E-state index contributed by atoms with van der Waals surface area (Å²) in [6, 6.07) is 9.16. The van der Waals surface area contributed by atoms with Crippen molar-refractivity contribution in [2.24, 2.45) is 5.41 Å². The Labute approximate surface area is 185 Å². The molecule has 31 heavy (non-hydrogen) atoms. The number of hydrogen-bond acceptors (Lipinski definition) is 4. The molecule has 0 spiro atoms. The second-order valence-electron chi connectivity index (χ2n) is 10.5. The van der Waals surface area contributed by atoms with Crippen molar-refractivity contribution in [3.05, 3.63) is 58.1 Å². The van der Waals surface area contributed by atoms with Crippen molar-refractivity contribution in [3.8, 4) is 5.75 Å². The molecule has 0 aromatic heterocycles. The average molecular weight is 426 g/mol. The summed E-state index contributed by atoms with van der Waals surface area (Å²) < 4.78 is 6.29. The number of aliphatic hydroxyl groups is 2. The third kappa shape index (κ3) is 4.09. The third-order valence-electron chi connectivity index (χ3n) is 6.21. The Hall–Kier alpha value is -2.37. The van der Waals surface area contributed by atoms with Crippen LogP contribution in [0.1, 0.15) is 81.9 Å². The van der Waals surface area contributed by atoms with Crippen molar-refractivity contribution in [2.75, 3.05) is 5.32 Å². The summed E-state index contributed by atoms with van der Waals surface area (Å²) in [5.74, 6) is 0.578. The first-order chi connectivity index (χ1) is 14.2. The molecule has 1 heterocycles. The van der Waals surface area contributed by atoms with E-state index in [1.54, 1.807) is 6.92 Å². The van der Waals surface area contributed by atoms with Crippen molar-refractivity contribution in [1.29, 1.82) is 0 Å². The van der Waals surface area contributed by atoms with Gasteiger partial charge < -0.3 is 20.3 Å². The van der Waals surface area contributed by atoms with E-state index >= 15 is 0 Å². The zero-order valence-corrected chi connectivity index (χ0v) is 19.9. The summed E-state index contributed by atoms with van der Waals surface area (Å²) in [6.07, 6.45) is -0.258. The molecule has 2 aromatic carbocycles. The predicted octanol–water partition coefficient (Wildman–Crippen LogP) is 5.14.